The molecule has 0 radical (unpaired) electrons. The highest BCUT2D eigenvalue weighted by atomic mass is 35.5. The molecule has 124 valence electrons. The van der Waals surface area contributed by atoms with E-state index >= 15 is 0 Å². The highest BCUT2D eigenvalue weighted by molar-refractivity contribution is 6.34. The average molecular weight is 340 g/mol. The normalized spacial score (nSPS) is 23.6. The highest BCUT2D eigenvalue weighted by Gasteiger charge is 2.27. The van der Waals surface area contributed by atoms with Crippen molar-refractivity contribution in [1.82, 2.24) is 4.90 Å². The molecule has 2 heterocycles. The van der Waals surface area contributed by atoms with Gasteiger partial charge >= 0.3 is 6.03 Å². The summed E-state index contributed by atoms with van der Waals surface area (Å²) in [5, 5.41) is 5.79. The number of urea groups is 1. The summed E-state index contributed by atoms with van der Waals surface area (Å²) >= 11 is 6.18. The number of hydrogen-bond donors (Lipinski definition) is 2. The maximum atomic E-state index is 12.4. The van der Waals surface area contributed by atoms with E-state index in [4.69, 9.17) is 21.1 Å². The largest absolute Gasteiger partial charge is 0.482 e. The van der Waals surface area contributed by atoms with Crippen LogP contribution in [-0.2, 0) is 9.53 Å². The molecule has 0 aliphatic carbocycles. The molecule has 1 fully saturated rings. The van der Waals surface area contributed by atoms with Gasteiger partial charge in [0.2, 0.25) is 0 Å². The fourth-order valence-corrected chi connectivity index (χ4v) is 2.94. The number of carbonyl (C=O) groups excluding carboxylic acids is 2. The first-order valence-corrected chi connectivity index (χ1v) is 7.77. The van der Waals surface area contributed by atoms with Gasteiger partial charge in [0.25, 0.3) is 5.91 Å². The molecule has 3 rings (SSSR count). The average Bonchev–Trinajstić information content (AvgIpc) is 2.47. The van der Waals surface area contributed by atoms with Crippen molar-refractivity contribution in [3.63, 3.8) is 0 Å². The zero-order valence-corrected chi connectivity index (χ0v) is 13.6. The zero-order chi connectivity index (χ0) is 16.6. The summed E-state index contributed by atoms with van der Waals surface area (Å²) in [5.41, 5.74) is 0.941. The van der Waals surface area contributed by atoms with Crippen molar-refractivity contribution in [3.8, 4) is 5.75 Å². The number of carbonyl (C=O) groups is 2. The number of nitrogens with one attached hydrogen (secondary N) is 2. The molecule has 2 N–H and O–H groups in total. The number of fused-ring (bicyclic) bond motifs is 1. The Morgan fingerprint density at radius 3 is 2.74 bits per heavy atom. The number of morpholine rings is 1. The predicted octanol–water partition coefficient (Wildman–Crippen LogP) is 2.31. The van der Waals surface area contributed by atoms with E-state index in [9.17, 15) is 9.59 Å². The molecule has 1 saturated heterocycles. The first-order chi connectivity index (χ1) is 10.9. The third-order valence-corrected chi connectivity index (χ3v) is 3.96. The van der Waals surface area contributed by atoms with Gasteiger partial charge in [-0.1, -0.05) is 11.6 Å². The van der Waals surface area contributed by atoms with Gasteiger partial charge in [-0.2, -0.15) is 0 Å². The fourth-order valence-electron chi connectivity index (χ4n) is 2.73. The lowest BCUT2D eigenvalue weighted by Gasteiger charge is -2.35. The second-order valence-electron chi connectivity index (χ2n) is 5.76. The minimum Gasteiger partial charge on any atom is -0.482 e. The number of halogens is 1. The molecule has 2 aliphatic heterocycles. The SMILES string of the molecule is C[C@@H]1CN(C(=O)Nc2cc3c(cc2Cl)NC(=O)CO3)C[C@H](C)O1. The minimum absolute atomic E-state index is 0.0120. The summed E-state index contributed by atoms with van der Waals surface area (Å²) in [5.74, 6) is 0.245. The van der Waals surface area contributed by atoms with Crippen molar-refractivity contribution in [2.75, 3.05) is 30.3 Å². The van der Waals surface area contributed by atoms with Crippen LogP contribution >= 0.6 is 11.6 Å². The van der Waals surface area contributed by atoms with Crippen LogP contribution in [0.3, 0.4) is 0 Å². The fraction of sp³-hybridized carbons (Fsp3) is 0.467. The van der Waals surface area contributed by atoms with E-state index in [2.05, 4.69) is 10.6 Å². The van der Waals surface area contributed by atoms with Crippen molar-refractivity contribution >= 4 is 34.9 Å². The first kappa shape index (κ1) is 15.9. The van der Waals surface area contributed by atoms with E-state index in [0.717, 1.165) is 0 Å². The standard InChI is InChI=1S/C15H18ClN3O4/c1-8-5-19(6-9(2)23-8)15(21)18-11-4-13-12(3-10(11)16)17-14(20)7-22-13/h3-4,8-9H,5-7H2,1-2H3,(H,17,20)(H,18,21)/t8-,9+. The van der Waals surface area contributed by atoms with Crippen LogP contribution in [0.25, 0.3) is 0 Å². The van der Waals surface area contributed by atoms with Crippen LogP contribution in [-0.4, -0.2) is 48.7 Å². The molecule has 1 aromatic carbocycles. The van der Waals surface area contributed by atoms with Gasteiger partial charge in [0.15, 0.2) is 6.61 Å². The summed E-state index contributed by atoms with van der Waals surface area (Å²) in [7, 11) is 0. The minimum atomic E-state index is -0.242. The van der Waals surface area contributed by atoms with Crippen LogP contribution in [0.2, 0.25) is 5.02 Å². The van der Waals surface area contributed by atoms with Gasteiger partial charge in [-0.25, -0.2) is 4.79 Å². The number of benzene rings is 1. The van der Waals surface area contributed by atoms with E-state index < -0.39 is 0 Å². The maximum absolute atomic E-state index is 12.4. The Bertz CT molecular complexity index is 642. The smallest absolute Gasteiger partial charge is 0.322 e. The van der Waals surface area contributed by atoms with Crippen molar-refractivity contribution in [2.24, 2.45) is 0 Å². The third kappa shape index (κ3) is 3.51. The zero-order valence-electron chi connectivity index (χ0n) is 12.9. The molecule has 0 aromatic heterocycles. The molecule has 2 atom stereocenters. The van der Waals surface area contributed by atoms with Crippen molar-refractivity contribution < 1.29 is 19.1 Å². The Labute approximate surface area is 138 Å². The van der Waals surface area contributed by atoms with Crippen LogP contribution in [0.4, 0.5) is 16.2 Å². The monoisotopic (exact) mass is 339 g/mol. The highest BCUT2D eigenvalue weighted by Crippen LogP contribution is 2.36. The molecule has 0 saturated carbocycles. The number of rotatable bonds is 1. The molecule has 0 bridgehead atoms. The quantitative estimate of drug-likeness (QED) is 0.823. The van der Waals surface area contributed by atoms with Gasteiger partial charge in [-0.3, -0.25) is 4.79 Å². The molecule has 2 aliphatic rings. The molecule has 23 heavy (non-hydrogen) atoms. The summed E-state index contributed by atoms with van der Waals surface area (Å²) < 4.78 is 11.0. The molecular formula is C15H18ClN3O4. The van der Waals surface area contributed by atoms with E-state index in [1.807, 2.05) is 13.8 Å². The van der Waals surface area contributed by atoms with Crippen LogP contribution in [0.1, 0.15) is 13.8 Å². The van der Waals surface area contributed by atoms with E-state index in [1.54, 1.807) is 17.0 Å². The van der Waals surface area contributed by atoms with E-state index in [0.29, 0.717) is 35.2 Å². The molecule has 8 heteroatoms. The summed E-state index contributed by atoms with van der Waals surface area (Å²) in [4.78, 5) is 25.4. The van der Waals surface area contributed by atoms with E-state index in [1.165, 1.54) is 0 Å². The lowest BCUT2D eigenvalue weighted by atomic mass is 10.2. The van der Waals surface area contributed by atoms with Crippen LogP contribution in [0.15, 0.2) is 12.1 Å². The first-order valence-electron chi connectivity index (χ1n) is 7.40. The van der Waals surface area contributed by atoms with Gasteiger partial charge in [0.1, 0.15) is 5.75 Å². The second-order valence-corrected chi connectivity index (χ2v) is 6.16. The summed E-state index contributed by atoms with van der Waals surface area (Å²) in [6.07, 6.45) is -0.0240. The molecule has 3 amide bonds. The number of ether oxygens (including phenoxy) is 2. The molecule has 0 spiro atoms. The van der Waals surface area contributed by atoms with Crippen LogP contribution in [0.5, 0.6) is 5.75 Å². The Balaban J connectivity index is 1.75. The van der Waals surface area contributed by atoms with Crippen LogP contribution < -0.4 is 15.4 Å². The van der Waals surface area contributed by atoms with Gasteiger partial charge < -0.3 is 25.0 Å². The van der Waals surface area contributed by atoms with Crippen molar-refractivity contribution in [1.29, 1.82) is 0 Å². The second kappa shape index (κ2) is 6.25. The Morgan fingerprint density at radius 2 is 2.04 bits per heavy atom. The van der Waals surface area contributed by atoms with Crippen molar-refractivity contribution in [2.45, 2.75) is 26.1 Å². The van der Waals surface area contributed by atoms with Gasteiger partial charge in [0.05, 0.1) is 28.6 Å². The Morgan fingerprint density at radius 1 is 1.35 bits per heavy atom. The summed E-state index contributed by atoms with van der Waals surface area (Å²) in [6.45, 7) is 4.84. The Kier molecular flexibility index (Phi) is 4.32. The molecule has 1 aromatic rings. The van der Waals surface area contributed by atoms with Gasteiger partial charge in [0, 0.05) is 19.2 Å². The lowest BCUT2D eigenvalue weighted by Crippen LogP contribution is -2.49. The number of nitrogens with zero attached hydrogens (tertiary/aromatic N) is 1. The van der Waals surface area contributed by atoms with Gasteiger partial charge in [-0.15, -0.1) is 0 Å². The lowest BCUT2D eigenvalue weighted by molar-refractivity contribution is -0.118. The van der Waals surface area contributed by atoms with E-state index in [-0.39, 0.29) is 30.8 Å². The molecule has 0 unspecified atom stereocenters. The van der Waals surface area contributed by atoms with Crippen molar-refractivity contribution in [3.05, 3.63) is 17.2 Å². The molecule has 7 nitrogen and oxygen atoms in total. The number of hydrogen-bond acceptors (Lipinski definition) is 4. The predicted molar refractivity (Wildman–Crippen MR) is 86.2 cm³/mol. The maximum Gasteiger partial charge on any atom is 0.322 e. The Hall–Kier alpha value is -1.99. The summed E-state index contributed by atoms with van der Waals surface area (Å²) in [6, 6.07) is 2.94. The van der Waals surface area contributed by atoms with Gasteiger partial charge in [-0.05, 0) is 19.9 Å². The third-order valence-electron chi connectivity index (χ3n) is 3.65. The number of anilines is 2. The van der Waals surface area contributed by atoms with Crippen LogP contribution in [0, 0.1) is 0 Å². The number of amides is 3. The molecular weight excluding hydrogens is 322 g/mol. The topological polar surface area (TPSA) is 79.9 Å².